The van der Waals surface area contributed by atoms with Crippen LogP contribution < -0.4 is 5.32 Å². The number of hydrogen-bond donors (Lipinski definition) is 2. The maximum atomic E-state index is 10.8. The highest BCUT2D eigenvalue weighted by Gasteiger charge is 2.65. The highest BCUT2D eigenvalue weighted by atomic mass is 32.1. The van der Waals surface area contributed by atoms with Gasteiger partial charge in [-0.1, -0.05) is 11.3 Å². The third-order valence-corrected chi connectivity index (χ3v) is 5.66. The van der Waals surface area contributed by atoms with Crippen LogP contribution in [0.15, 0.2) is 6.20 Å². The van der Waals surface area contributed by atoms with Crippen molar-refractivity contribution < 1.29 is 9.90 Å². The predicted molar refractivity (Wildman–Crippen MR) is 64.3 cm³/mol. The molecule has 90 valence electrons. The summed E-state index contributed by atoms with van der Waals surface area (Å²) in [7, 11) is 0. The highest BCUT2D eigenvalue weighted by molar-refractivity contribution is 7.17. The quantitative estimate of drug-likeness (QED) is 0.864. The third-order valence-electron chi connectivity index (χ3n) is 4.74. The highest BCUT2D eigenvalue weighted by Crippen LogP contribution is 2.66. The van der Waals surface area contributed by atoms with Gasteiger partial charge in [0.15, 0.2) is 5.13 Å². The number of carboxylic acids is 1. The molecule has 0 aromatic carbocycles. The summed E-state index contributed by atoms with van der Waals surface area (Å²) in [6.07, 6.45) is 5.69. The average Bonchev–Trinajstić information content (AvgIpc) is 2.76. The van der Waals surface area contributed by atoms with Crippen molar-refractivity contribution in [1.29, 1.82) is 0 Å². The predicted octanol–water partition coefficient (Wildman–Crippen LogP) is 2.30. The summed E-state index contributed by atoms with van der Waals surface area (Å²) in [5.41, 5.74) is 0. The number of anilines is 1. The lowest BCUT2D eigenvalue weighted by atomic mass is 10.0. The number of rotatable bonds is 3. The maximum Gasteiger partial charge on any atom is 0.347 e. The molecule has 1 aromatic rings. The Morgan fingerprint density at radius 2 is 2.12 bits per heavy atom. The second-order valence-electron chi connectivity index (χ2n) is 5.49. The van der Waals surface area contributed by atoms with E-state index in [0.29, 0.717) is 10.9 Å². The van der Waals surface area contributed by atoms with Crippen molar-refractivity contribution in [2.75, 3.05) is 5.32 Å². The molecule has 4 rings (SSSR count). The molecule has 1 heterocycles. The van der Waals surface area contributed by atoms with Crippen molar-refractivity contribution in [3.05, 3.63) is 11.1 Å². The number of nitrogens with zero attached hydrogens (tertiary/aromatic N) is 1. The van der Waals surface area contributed by atoms with E-state index in [-0.39, 0.29) is 0 Å². The molecule has 3 aliphatic rings. The molecule has 2 bridgehead atoms. The number of nitrogens with one attached hydrogen (secondary N) is 1. The van der Waals surface area contributed by atoms with E-state index in [1.807, 2.05) is 0 Å². The van der Waals surface area contributed by atoms with Gasteiger partial charge in [0.05, 0.1) is 6.20 Å². The molecule has 17 heavy (non-hydrogen) atoms. The number of aromatic carboxylic acids is 1. The second-order valence-corrected chi connectivity index (χ2v) is 6.52. The van der Waals surface area contributed by atoms with Crippen molar-refractivity contribution in [2.45, 2.75) is 25.3 Å². The van der Waals surface area contributed by atoms with Crippen molar-refractivity contribution in [3.63, 3.8) is 0 Å². The fourth-order valence-electron chi connectivity index (χ4n) is 4.10. The van der Waals surface area contributed by atoms with Crippen LogP contribution in [0.3, 0.4) is 0 Å². The van der Waals surface area contributed by atoms with Gasteiger partial charge >= 0.3 is 5.97 Å². The van der Waals surface area contributed by atoms with Crippen LogP contribution >= 0.6 is 11.3 Å². The Bertz CT molecular complexity index is 471. The Morgan fingerprint density at radius 3 is 2.71 bits per heavy atom. The normalized spacial score (nSPS) is 41.3. The van der Waals surface area contributed by atoms with Gasteiger partial charge in [0.25, 0.3) is 0 Å². The van der Waals surface area contributed by atoms with Gasteiger partial charge in [0.2, 0.25) is 0 Å². The summed E-state index contributed by atoms with van der Waals surface area (Å²) in [5.74, 6) is 2.69. The monoisotopic (exact) mass is 250 g/mol. The van der Waals surface area contributed by atoms with Crippen molar-refractivity contribution in [1.82, 2.24) is 4.98 Å². The minimum atomic E-state index is -0.883. The fourth-order valence-corrected chi connectivity index (χ4v) is 4.80. The molecule has 4 atom stereocenters. The van der Waals surface area contributed by atoms with Gasteiger partial charge in [-0.2, -0.15) is 0 Å². The lowest BCUT2D eigenvalue weighted by Crippen LogP contribution is -2.12. The zero-order valence-corrected chi connectivity index (χ0v) is 10.1. The topological polar surface area (TPSA) is 62.2 Å². The number of fused-ring (bicyclic) bond motifs is 5. The number of thiazole rings is 1. The minimum Gasteiger partial charge on any atom is -0.477 e. The zero-order valence-electron chi connectivity index (χ0n) is 9.30. The van der Waals surface area contributed by atoms with E-state index >= 15 is 0 Å². The first-order chi connectivity index (χ1) is 8.24. The van der Waals surface area contributed by atoms with Crippen LogP contribution in [-0.4, -0.2) is 22.1 Å². The van der Waals surface area contributed by atoms with Crippen molar-refractivity contribution >= 4 is 22.4 Å². The molecule has 3 saturated carbocycles. The largest absolute Gasteiger partial charge is 0.477 e. The van der Waals surface area contributed by atoms with Gasteiger partial charge in [0, 0.05) is 6.04 Å². The maximum absolute atomic E-state index is 10.8. The van der Waals surface area contributed by atoms with Gasteiger partial charge in [-0.15, -0.1) is 0 Å². The molecule has 3 aliphatic carbocycles. The minimum absolute atomic E-state index is 0.321. The Balaban J connectivity index is 1.47. The number of aromatic nitrogens is 1. The number of carboxylic acid groups (broad SMARTS) is 1. The molecule has 0 amide bonds. The summed E-state index contributed by atoms with van der Waals surface area (Å²) >= 11 is 1.25. The Hall–Kier alpha value is -1.10. The zero-order chi connectivity index (χ0) is 11.6. The molecule has 0 radical (unpaired) electrons. The van der Waals surface area contributed by atoms with E-state index in [4.69, 9.17) is 5.11 Å². The summed E-state index contributed by atoms with van der Waals surface area (Å²) < 4.78 is 0. The summed E-state index contributed by atoms with van der Waals surface area (Å²) in [4.78, 5) is 15.2. The molecule has 0 spiro atoms. The van der Waals surface area contributed by atoms with E-state index in [0.717, 1.165) is 28.8 Å². The lowest BCUT2D eigenvalue weighted by molar-refractivity contribution is 0.0702. The Kier molecular flexibility index (Phi) is 1.87. The van der Waals surface area contributed by atoms with E-state index in [9.17, 15) is 4.79 Å². The van der Waals surface area contributed by atoms with E-state index < -0.39 is 5.97 Å². The summed E-state index contributed by atoms with van der Waals surface area (Å²) in [5, 5.41) is 13.1. The first-order valence-corrected chi connectivity index (χ1v) is 7.01. The van der Waals surface area contributed by atoms with E-state index in [2.05, 4.69) is 10.3 Å². The molecule has 4 unspecified atom stereocenters. The van der Waals surface area contributed by atoms with Crippen molar-refractivity contribution in [2.24, 2.45) is 23.7 Å². The van der Waals surface area contributed by atoms with Crippen LogP contribution in [0.5, 0.6) is 0 Å². The van der Waals surface area contributed by atoms with Crippen LogP contribution in [0.2, 0.25) is 0 Å². The number of hydrogen-bond acceptors (Lipinski definition) is 4. The average molecular weight is 250 g/mol. The number of carbonyl (C=O) groups is 1. The van der Waals surface area contributed by atoms with Gasteiger partial charge in [-0.05, 0) is 42.9 Å². The van der Waals surface area contributed by atoms with Gasteiger partial charge in [-0.25, -0.2) is 9.78 Å². The summed E-state index contributed by atoms with van der Waals surface area (Å²) in [6.45, 7) is 0. The molecular formula is C12H14N2O2S. The Morgan fingerprint density at radius 1 is 1.41 bits per heavy atom. The molecule has 1 aromatic heterocycles. The standard InChI is InChI=1S/C12H14N2O2S/c15-11(16)7-4-13-12(17-7)14-10-8-5-1-2-6(3-5)9(8)10/h4-6,8-10H,1-3H2,(H,13,14)(H,15,16). The van der Waals surface area contributed by atoms with Crippen LogP contribution in [0.25, 0.3) is 0 Å². The van der Waals surface area contributed by atoms with Crippen LogP contribution in [-0.2, 0) is 0 Å². The van der Waals surface area contributed by atoms with Crippen LogP contribution in [0, 0.1) is 23.7 Å². The molecule has 0 aliphatic heterocycles. The summed E-state index contributed by atoms with van der Waals surface area (Å²) in [6, 6.07) is 0.578. The van der Waals surface area contributed by atoms with Gasteiger partial charge in [-0.3, -0.25) is 0 Å². The molecule has 3 fully saturated rings. The first-order valence-electron chi connectivity index (χ1n) is 6.19. The Labute approximate surface area is 103 Å². The molecule has 2 N–H and O–H groups in total. The van der Waals surface area contributed by atoms with Crippen molar-refractivity contribution in [3.8, 4) is 0 Å². The SMILES string of the molecule is O=C(O)c1cnc(NC2C3C4CCC(C4)C23)s1. The van der Waals surface area contributed by atoms with Gasteiger partial charge in [0.1, 0.15) is 4.88 Å². The third kappa shape index (κ3) is 1.35. The molecular weight excluding hydrogens is 236 g/mol. The van der Waals surface area contributed by atoms with Gasteiger partial charge < -0.3 is 10.4 Å². The smallest absolute Gasteiger partial charge is 0.347 e. The first kappa shape index (κ1) is 9.88. The lowest BCUT2D eigenvalue weighted by Gasteiger charge is -2.08. The van der Waals surface area contributed by atoms with E-state index in [1.165, 1.54) is 36.8 Å². The van der Waals surface area contributed by atoms with Crippen LogP contribution in [0.4, 0.5) is 5.13 Å². The molecule has 0 saturated heterocycles. The second kappa shape index (κ2) is 3.22. The van der Waals surface area contributed by atoms with E-state index in [1.54, 1.807) is 0 Å². The molecule has 5 heteroatoms. The molecule has 4 nitrogen and oxygen atoms in total. The van der Waals surface area contributed by atoms with Crippen LogP contribution in [0.1, 0.15) is 28.9 Å². The fraction of sp³-hybridized carbons (Fsp3) is 0.667.